The molecular formula is C18H22N4O2. The van der Waals surface area contributed by atoms with Crippen molar-refractivity contribution < 1.29 is 9.53 Å². The van der Waals surface area contributed by atoms with E-state index in [0.717, 1.165) is 30.0 Å². The van der Waals surface area contributed by atoms with Gasteiger partial charge in [-0.25, -0.2) is 4.68 Å². The number of aromatic nitrogens is 3. The highest BCUT2D eigenvalue weighted by Crippen LogP contribution is 2.39. The highest BCUT2D eigenvalue weighted by atomic mass is 16.5. The van der Waals surface area contributed by atoms with Crippen molar-refractivity contribution in [2.24, 2.45) is 0 Å². The summed E-state index contributed by atoms with van der Waals surface area (Å²) in [7, 11) is 1.64. The van der Waals surface area contributed by atoms with Gasteiger partial charge in [0.2, 0.25) is 5.91 Å². The number of nitrogens with zero attached hydrogens (tertiary/aromatic N) is 4. The Morgan fingerprint density at radius 1 is 1.29 bits per heavy atom. The number of carbonyl (C=O) groups excluding carboxylic acids is 1. The molecule has 1 amide bonds. The summed E-state index contributed by atoms with van der Waals surface area (Å²) < 4.78 is 7.29. The van der Waals surface area contributed by atoms with Crippen LogP contribution in [0.15, 0.2) is 30.5 Å². The minimum absolute atomic E-state index is 0.143. The molecule has 2 aliphatic rings. The second-order valence-corrected chi connectivity index (χ2v) is 6.67. The Kier molecular flexibility index (Phi) is 3.96. The standard InChI is InChI=1S/C18H22N4O2/c1-24-17-5-3-2-4-14(17)10-18(23)21-9-8-15(11-21)22-12-16(19-20-22)13-6-7-13/h2-5,12-13,15H,6-11H2,1H3/t15-/m0/s1. The van der Waals surface area contributed by atoms with Crippen LogP contribution in [-0.2, 0) is 11.2 Å². The van der Waals surface area contributed by atoms with Gasteiger partial charge in [-0.05, 0) is 25.3 Å². The van der Waals surface area contributed by atoms with E-state index >= 15 is 0 Å². The van der Waals surface area contributed by atoms with Crippen molar-refractivity contribution in [2.75, 3.05) is 20.2 Å². The lowest BCUT2D eigenvalue weighted by atomic mass is 10.1. The minimum atomic E-state index is 0.143. The van der Waals surface area contributed by atoms with Gasteiger partial charge in [0, 0.05) is 30.8 Å². The maximum atomic E-state index is 12.6. The minimum Gasteiger partial charge on any atom is -0.496 e. The average Bonchev–Trinajstić information content (AvgIpc) is 3.13. The first-order valence-electron chi connectivity index (χ1n) is 8.56. The normalized spacial score (nSPS) is 20.4. The SMILES string of the molecule is COc1ccccc1CC(=O)N1CC[C@H](n2cc(C3CC3)nn2)C1. The number of carbonyl (C=O) groups is 1. The molecule has 0 N–H and O–H groups in total. The number of hydrogen-bond donors (Lipinski definition) is 0. The van der Waals surface area contributed by atoms with Gasteiger partial charge in [0.1, 0.15) is 5.75 Å². The smallest absolute Gasteiger partial charge is 0.227 e. The molecule has 0 spiro atoms. The van der Waals surface area contributed by atoms with Crippen molar-refractivity contribution in [1.29, 1.82) is 0 Å². The third-order valence-corrected chi connectivity index (χ3v) is 4.95. The summed E-state index contributed by atoms with van der Waals surface area (Å²) in [6, 6.07) is 7.94. The predicted octanol–water partition coefficient (Wildman–Crippen LogP) is 2.18. The van der Waals surface area contributed by atoms with Crippen LogP contribution >= 0.6 is 0 Å². The van der Waals surface area contributed by atoms with Crippen LogP contribution < -0.4 is 4.74 Å². The lowest BCUT2D eigenvalue weighted by Gasteiger charge is -2.17. The first-order chi connectivity index (χ1) is 11.7. The molecular weight excluding hydrogens is 304 g/mol. The second-order valence-electron chi connectivity index (χ2n) is 6.67. The van der Waals surface area contributed by atoms with Gasteiger partial charge in [-0.15, -0.1) is 5.10 Å². The van der Waals surface area contributed by atoms with E-state index in [1.54, 1.807) is 7.11 Å². The summed E-state index contributed by atoms with van der Waals surface area (Å²) >= 11 is 0. The Morgan fingerprint density at radius 3 is 2.92 bits per heavy atom. The van der Waals surface area contributed by atoms with Gasteiger partial charge >= 0.3 is 0 Å². The summed E-state index contributed by atoms with van der Waals surface area (Å²) in [5.41, 5.74) is 2.04. The molecule has 1 saturated heterocycles. The number of ether oxygens (including phenoxy) is 1. The van der Waals surface area contributed by atoms with Crippen LogP contribution in [0.2, 0.25) is 0 Å². The molecule has 2 aromatic rings. The molecule has 1 saturated carbocycles. The Labute approximate surface area is 141 Å². The summed E-state index contributed by atoms with van der Waals surface area (Å²) in [5.74, 6) is 1.53. The first-order valence-corrected chi connectivity index (χ1v) is 8.56. The lowest BCUT2D eigenvalue weighted by Crippen LogP contribution is -2.30. The molecule has 24 heavy (non-hydrogen) atoms. The van der Waals surface area contributed by atoms with Crippen LogP contribution in [0.3, 0.4) is 0 Å². The summed E-state index contributed by atoms with van der Waals surface area (Å²) in [6.07, 6.45) is 5.84. The molecule has 4 rings (SSSR count). The molecule has 0 radical (unpaired) electrons. The maximum absolute atomic E-state index is 12.6. The third kappa shape index (κ3) is 3.00. The predicted molar refractivity (Wildman–Crippen MR) is 88.9 cm³/mol. The molecule has 1 aromatic carbocycles. The van der Waals surface area contributed by atoms with E-state index in [-0.39, 0.29) is 11.9 Å². The van der Waals surface area contributed by atoms with Crippen molar-refractivity contribution >= 4 is 5.91 Å². The van der Waals surface area contributed by atoms with Crippen molar-refractivity contribution in [3.63, 3.8) is 0 Å². The molecule has 1 aromatic heterocycles. The molecule has 1 aliphatic heterocycles. The summed E-state index contributed by atoms with van der Waals surface area (Å²) in [5, 5.41) is 8.55. The van der Waals surface area contributed by atoms with Crippen LogP contribution in [0.4, 0.5) is 0 Å². The molecule has 1 aliphatic carbocycles. The number of rotatable bonds is 5. The summed E-state index contributed by atoms with van der Waals surface area (Å²) in [6.45, 7) is 1.48. The van der Waals surface area contributed by atoms with Crippen molar-refractivity contribution in [1.82, 2.24) is 19.9 Å². The zero-order chi connectivity index (χ0) is 16.5. The van der Waals surface area contributed by atoms with E-state index in [2.05, 4.69) is 16.5 Å². The topological polar surface area (TPSA) is 60.2 Å². The third-order valence-electron chi connectivity index (χ3n) is 4.95. The van der Waals surface area contributed by atoms with Crippen LogP contribution in [0.25, 0.3) is 0 Å². The zero-order valence-electron chi connectivity index (χ0n) is 13.9. The molecule has 0 unspecified atom stereocenters. The molecule has 1 atom stereocenters. The van der Waals surface area contributed by atoms with Crippen LogP contribution in [-0.4, -0.2) is 46.0 Å². The zero-order valence-corrected chi connectivity index (χ0v) is 13.9. The fourth-order valence-corrected chi connectivity index (χ4v) is 3.34. The number of hydrogen-bond acceptors (Lipinski definition) is 4. The first kappa shape index (κ1) is 15.2. The van der Waals surface area contributed by atoms with E-state index in [1.165, 1.54) is 12.8 Å². The van der Waals surface area contributed by atoms with E-state index in [4.69, 9.17) is 4.74 Å². The molecule has 6 heteroatoms. The number of amides is 1. The molecule has 0 bridgehead atoms. The Hall–Kier alpha value is -2.37. The van der Waals surface area contributed by atoms with E-state index in [1.807, 2.05) is 33.8 Å². The largest absolute Gasteiger partial charge is 0.496 e. The Bertz CT molecular complexity index is 738. The molecule has 6 nitrogen and oxygen atoms in total. The number of methoxy groups -OCH3 is 1. The monoisotopic (exact) mass is 326 g/mol. The van der Waals surface area contributed by atoms with E-state index in [9.17, 15) is 4.79 Å². The van der Waals surface area contributed by atoms with Gasteiger partial charge < -0.3 is 9.64 Å². The fraction of sp³-hybridized carbons (Fsp3) is 0.500. The van der Waals surface area contributed by atoms with Crippen molar-refractivity contribution in [2.45, 2.75) is 37.6 Å². The van der Waals surface area contributed by atoms with Gasteiger partial charge in [0.15, 0.2) is 0 Å². The highest BCUT2D eigenvalue weighted by Gasteiger charge is 2.31. The number of likely N-dealkylation sites (tertiary alicyclic amines) is 1. The van der Waals surface area contributed by atoms with Gasteiger partial charge in [-0.3, -0.25) is 4.79 Å². The highest BCUT2D eigenvalue weighted by molar-refractivity contribution is 5.79. The molecule has 2 heterocycles. The second kappa shape index (κ2) is 6.26. The average molecular weight is 326 g/mol. The quantitative estimate of drug-likeness (QED) is 0.845. The Balaban J connectivity index is 1.39. The van der Waals surface area contributed by atoms with Crippen LogP contribution in [0.1, 0.15) is 42.5 Å². The molecule has 126 valence electrons. The maximum Gasteiger partial charge on any atom is 0.227 e. The summed E-state index contributed by atoms with van der Waals surface area (Å²) in [4.78, 5) is 14.5. The van der Waals surface area contributed by atoms with E-state index in [0.29, 0.717) is 18.9 Å². The Morgan fingerprint density at radius 2 is 2.12 bits per heavy atom. The van der Waals surface area contributed by atoms with Gasteiger partial charge in [-0.1, -0.05) is 23.4 Å². The van der Waals surface area contributed by atoms with Crippen LogP contribution in [0, 0.1) is 0 Å². The molecule has 2 fully saturated rings. The van der Waals surface area contributed by atoms with Crippen molar-refractivity contribution in [3.05, 3.63) is 41.7 Å². The number of para-hydroxylation sites is 1. The lowest BCUT2D eigenvalue weighted by molar-refractivity contribution is -0.129. The van der Waals surface area contributed by atoms with Gasteiger partial charge in [-0.2, -0.15) is 0 Å². The van der Waals surface area contributed by atoms with Crippen LogP contribution in [0.5, 0.6) is 5.75 Å². The fourth-order valence-electron chi connectivity index (χ4n) is 3.34. The van der Waals surface area contributed by atoms with Crippen molar-refractivity contribution in [3.8, 4) is 5.75 Å². The van der Waals surface area contributed by atoms with E-state index < -0.39 is 0 Å². The number of benzene rings is 1. The van der Waals surface area contributed by atoms with Gasteiger partial charge in [0.05, 0.1) is 25.3 Å². The van der Waals surface area contributed by atoms with Gasteiger partial charge in [0.25, 0.3) is 0 Å².